The molecule has 0 radical (unpaired) electrons. The second kappa shape index (κ2) is 6.72. The molecule has 4 heteroatoms. The average molecular weight is 284 g/mol. The van der Waals surface area contributed by atoms with Crippen molar-refractivity contribution in [1.29, 1.82) is 0 Å². The zero-order valence-electron chi connectivity index (χ0n) is 11.9. The van der Waals surface area contributed by atoms with Gasteiger partial charge in [-0.25, -0.2) is 10.4 Å². The van der Waals surface area contributed by atoms with Crippen LogP contribution in [-0.4, -0.2) is 36.4 Å². The molecular formula is C17H20N2O2. The molecule has 0 aliphatic carbocycles. The number of nitrogens with one attached hydrogen (secondary N) is 1. The fourth-order valence-electron chi connectivity index (χ4n) is 2.53. The van der Waals surface area contributed by atoms with Crippen LogP contribution in [0.5, 0.6) is 5.75 Å². The van der Waals surface area contributed by atoms with Crippen LogP contribution in [0.3, 0.4) is 0 Å². The van der Waals surface area contributed by atoms with Gasteiger partial charge in [-0.05, 0) is 23.3 Å². The summed E-state index contributed by atoms with van der Waals surface area (Å²) in [5.74, 6) is 0.289. The third-order valence-corrected chi connectivity index (χ3v) is 3.68. The summed E-state index contributed by atoms with van der Waals surface area (Å²) in [4.78, 5) is 0. The van der Waals surface area contributed by atoms with Crippen molar-refractivity contribution in [3.05, 3.63) is 65.7 Å². The monoisotopic (exact) mass is 284 g/mol. The van der Waals surface area contributed by atoms with Gasteiger partial charge in [0.15, 0.2) is 0 Å². The summed E-state index contributed by atoms with van der Waals surface area (Å²) in [6, 6.07) is 17.8. The fraction of sp³-hybridized carbons (Fsp3) is 0.294. The number of phenolic OH excluding ortho intramolecular Hbond substituents is 1. The minimum atomic E-state index is 0.0740. The van der Waals surface area contributed by atoms with Gasteiger partial charge in [-0.2, -0.15) is 0 Å². The number of morpholine rings is 1. The molecule has 4 nitrogen and oxygen atoms in total. The molecule has 1 unspecified atom stereocenters. The molecule has 1 aliphatic heterocycles. The van der Waals surface area contributed by atoms with Gasteiger partial charge in [0, 0.05) is 13.1 Å². The lowest BCUT2D eigenvalue weighted by molar-refractivity contribution is 0.00647. The molecule has 3 rings (SSSR count). The third-order valence-electron chi connectivity index (χ3n) is 3.68. The minimum Gasteiger partial charge on any atom is -0.508 e. The van der Waals surface area contributed by atoms with E-state index in [-0.39, 0.29) is 11.8 Å². The molecular weight excluding hydrogens is 264 g/mol. The highest BCUT2D eigenvalue weighted by atomic mass is 16.5. The van der Waals surface area contributed by atoms with Gasteiger partial charge >= 0.3 is 0 Å². The van der Waals surface area contributed by atoms with Gasteiger partial charge < -0.3 is 9.84 Å². The lowest BCUT2D eigenvalue weighted by Crippen LogP contribution is -2.47. The van der Waals surface area contributed by atoms with Crippen LogP contribution < -0.4 is 5.43 Å². The van der Waals surface area contributed by atoms with Crippen LogP contribution in [0, 0.1) is 0 Å². The maximum absolute atomic E-state index is 9.48. The van der Waals surface area contributed by atoms with Crippen molar-refractivity contribution in [1.82, 2.24) is 10.4 Å². The van der Waals surface area contributed by atoms with Crippen molar-refractivity contribution in [3.63, 3.8) is 0 Å². The molecule has 21 heavy (non-hydrogen) atoms. The van der Waals surface area contributed by atoms with E-state index in [9.17, 15) is 5.11 Å². The number of hydrogen-bond donors (Lipinski definition) is 2. The summed E-state index contributed by atoms with van der Waals surface area (Å²) >= 11 is 0. The first kappa shape index (κ1) is 14.1. The van der Waals surface area contributed by atoms with E-state index in [1.165, 1.54) is 5.56 Å². The second-order valence-corrected chi connectivity index (χ2v) is 5.16. The first-order chi connectivity index (χ1) is 10.3. The molecule has 2 aromatic rings. The minimum absolute atomic E-state index is 0.0740. The Morgan fingerprint density at radius 3 is 2.19 bits per heavy atom. The molecule has 1 atom stereocenters. The van der Waals surface area contributed by atoms with E-state index in [1.54, 1.807) is 12.1 Å². The zero-order chi connectivity index (χ0) is 14.5. The van der Waals surface area contributed by atoms with Gasteiger partial charge in [0.25, 0.3) is 0 Å². The highest BCUT2D eigenvalue weighted by Gasteiger charge is 2.19. The van der Waals surface area contributed by atoms with Crippen molar-refractivity contribution in [2.45, 2.75) is 6.04 Å². The number of phenols is 1. The number of rotatable bonds is 4. The predicted octanol–water partition coefficient (Wildman–Crippen LogP) is 2.32. The SMILES string of the molecule is Oc1ccc(C(NN2CCOCC2)c2ccccc2)cc1. The Balaban J connectivity index is 1.85. The maximum atomic E-state index is 9.48. The first-order valence-corrected chi connectivity index (χ1v) is 7.26. The van der Waals surface area contributed by atoms with E-state index in [0.29, 0.717) is 0 Å². The summed E-state index contributed by atoms with van der Waals surface area (Å²) in [7, 11) is 0. The van der Waals surface area contributed by atoms with E-state index < -0.39 is 0 Å². The molecule has 2 aromatic carbocycles. The highest BCUT2D eigenvalue weighted by molar-refractivity contribution is 5.34. The predicted molar refractivity (Wildman–Crippen MR) is 81.9 cm³/mol. The quantitative estimate of drug-likeness (QED) is 0.904. The van der Waals surface area contributed by atoms with Crippen LogP contribution in [0.15, 0.2) is 54.6 Å². The number of aromatic hydroxyl groups is 1. The van der Waals surface area contributed by atoms with Crippen LogP contribution >= 0.6 is 0 Å². The molecule has 2 N–H and O–H groups in total. The van der Waals surface area contributed by atoms with Crippen LogP contribution in [0.4, 0.5) is 0 Å². The molecule has 1 fully saturated rings. The van der Waals surface area contributed by atoms with E-state index in [2.05, 4.69) is 22.6 Å². The average Bonchev–Trinajstić information content (AvgIpc) is 2.55. The Labute approximate surface area is 124 Å². The Bertz CT molecular complexity index is 551. The van der Waals surface area contributed by atoms with Gasteiger partial charge in [-0.15, -0.1) is 0 Å². The van der Waals surface area contributed by atoms with E-state index in [0.717, 1.165) is 31.9 Å². The molecule has 0 amide bonds. The first-order valence-electron chi connectivity index (χ1n) is 7.26. The highest BCUT2D eigenvalue weighted by Crippen LogP contribution is 2.24. The molecule has 110 valence electrons. The van der Waals surface area contributed by atoms with Gasteiger partial charge in [-0.3, -0.25) is 0 Å². The smallest absolute Gasteiger partial charge is 0.115 e. The van der Waals surface area contributed by atoms with Crippen molar-refractivity contribution >= 4 is 0 Å². The van der Waals surface area contributed by atoms with E-state index in [4.69, 9.17) is 4.74 Å². The van der Waals surface area contributed by atoms with Crippen LogP contribution in [0.2, 0.25) is 0 Å². The van der Waals surface area contributed by atoms with Crippen LogP contribution in [0.25, 0.3) is 0 Å². The van der Waals surface area contributed by atoms with Crippen molar-refractivity contribution in [2.24, 2.45) is 0 Å². The molecule has 0 spiro atoms. The lowest BCUT2D eigenvalue weighted by Gasteiger charge is -2.32. The second-order valence-electron chi connectivity index (χ2n) is 5.16. The largest absolute Gasteiger partial charge is 0.508 e. The van der Waals surface area contributed by atoms with E-state index in [1.807, 2.05) is 30.3 Å². The van der Waals surface area contributed by atoms with Crippen molar-refractivity contribution in [2.75, 3.05) is 26.3 Å². The van der Waals surface area contributed by atoms with Gasteiger partial charge in [0.2, 0.25) is 0 Å². The summed E-state index contributed by atoms with van der Waals surface area (Å²) in [5.41, 5.74) is 5.91. The Morgan fingerprint density at radius 2 is 1.52 bits per heavy atom. The lowest BCUT2D eigenvalue weighted by atomic mass is 9.99. The summed E-state index contributed by atoms with van der Waals surface area (Å²) in [6.45, 7) is 3.26. The van der Waals surface area contributed by atoms with Crippen LogP contribution in [-0.2, 0) is 4.74 Å². The number of hydrogen-bond acceptors (Lipinski definition) is 4. The topological polar surface area (TPSA) is 44.7 Å². The number of benzene rings is 2. The van der Waals surface area contributed by atoms with Gasteiger partial charge in [-0.1, -0.05) is 42.5 Å². The Hall–Kier alpha value is -1.88. The number of ether oxygens (including phenoxy) is 1. The molecule has 1 saturated heterocycles. The standard InChI is InChI=1S/C17H20N2O2/c20-16-8-6-15(7-9-16)17(14-4-2-1-3-5-14)18-19-10-12-21-13-11-19/h1-9,17-18,20H,10-13H2. The Kier molecular flexibility index (Phi) is 4.50. The molecule has 0 saturated carbocycles. The summed E-state index contributed by atoms with van der Waals surface area (Å²) in [5, 5.41) is 11.7. The third kappa shape index (κ3) is 3.61. The molecule has 0 aromatic heterocycles. The maximum Gasteiger partial charge on any atom is 0.115 e. The normalized spacial score (nSPS) is 17.5. The van der Waals surface area contributed by atoms with Crippen molar-refractivity contribution in [3.8, 4) is 5.75 Å². The fourth-order valence-corrected chi connectivity index (χ4v) is 2.53. The number of hydrazine groups is 1. The Morgan fingerprint density at radius 1 is 0.905 bits per heavy atom. The van der Waals surface area contributed by atoms with Crippen molar-refractivity contribution < 1.29 is 9.84 Å². The zero-order valence-corrected chi connectivity index (χ0v) is 11.9. The van der Waals surface area contributed by atoms with Crippen LogP contribution in [0.1, 0.15) is 17.2 Å². The van der Waals surface area contributed by atoms with E-state index >= 15 is 0 Å². The molecule has 1 heterocycles. The summed E-state index contributed by atoms with van der Waals surface area (Å²) < 4.78 is 5.39. The molecule has 1 aliphatic rings. The molecule has 0 bridgehead atoms. The van der Waals surface area contributed by atoms with Gasteiger partial charge in [0.1, 0.15) is 5.75 Å². The summed E-state index contributed by atoms with van der Waals surface area (Å²) in [6.07, 6.45) is 0. The number of nitrogens with zero attached hydrogens (tertiary/aromatic N) is 1. The van der Waals surface area contributed by atoms with Gasteiger partial charge in [0.05, 0.1) is 19.3 Å².